The first kappa shape index (κ1) is 3.80. The minimum atomic E-state index is -1.06. The van der Waals surface area contributed by atoms with Gasteiger partial charge in [0.25, 0.3) is 0 Å². The summed E-state index contributed by atoms with van der Waals surface area (Å²) >= 11 is 0. The van der Waals surface area contributed by atoms with E-state index in [4.69, 9.17) is 0 Å². The average Bonchev–Trinajstić information content (AvgIpc) is 1.20. The Bertz CT molecular complexity index is 67.4. The van der Waals surface area contributed by atoms with Gasteiger partial charge in [0.15, 0.2) is 13.6 Å². The fourth-order valence-electron chi connectivity index (χ4n) is 0.477. The highest BCUT2D eigenvalue weighted by Crippen LogP contribution is 2.32. The predicted octanol–water partition coefficient (Wildman–Crippen LogP) is -0.394. The first-order chi connectivity index (χ1) is 3.41. The van der Waals surface area contributed by atoms with Gasteiger partial charge in [-0.15, -0.1) is 0 Å². The standard InChI is InChI=1S/C3H4O4/c1-4-3(5-1)6-2-7-3/h1-2H2. The first-order valence-corrected chi connectivity index (χ1v) is 1.97. The zero-order chi connectivity index (χ0) is 4.74. The lowest BCUT2D eigenvalue weighted by atomic mass is 10.8. The van der Waals surface area contributed by atoms with E-state index in [2.05, 4.69) is 18.9 Å². The molecule has 1 spiro atoms. The highest BCUT2D eigenvalue weighted by Gasteiger charge is 2.50. The number of hydrogen-bond donors (Lipinski definition) is 0. The zero-order valence-corrected chi connectivity index (χ0v) is 3.55. The molecule has 0 aromatic rings. The van der Waals surface area contributed by atoms with Crippen molar-refractivity contribution in [1.82, 2.24) is 0 Å². The SMILES string of the molecule is C1OC2(O1)OCO2. The number of hydrogen-bond acceptors (Lipinski definition) is 4. The quantitative estimate of drug-likeness (QED) is 0.419. The lowest BCUT2D eigenvalue weighted by molar-refractivity contribution is -0.672. The molecule has 2 aliphatic rings. The molecule has 0 aromatic heterocycles. The molecule has 0 aliphatic carbocycles. The monoisotopic (exact) mass is 104 g/mol. The fourth-order valence-corrected chi connectivity index (χ4v) is 0.477. The van der Waals surface area contributed by atoms with E-state index in [0.29, 0.717) is 0 Å². The lowest BCUT2D eigenvalue weighted by Crippen LogP contribution is -2.59. The van der Waals surface area contributed by atoms with Crippen molar-refractivity contribution in [2.24, 2.45) is 0 Å². The van der Waals surface area contributed by atoms with Crippen molar-refractivity contribution >= 4 is 0 Å². The molecule has 40 valence electrons. The van der Waals surface area contributed by atoms with Crippen molar-refractivity contribution in [3.8, 4) is 0 Å². The molecule has 0 radical (unpaired) electrons. The summed E-state index contributed by atoms with van der Waals surface area (Å²) in [7, 11) is 0. The molecule has 0 bridgehead atoms. The van der Waals surface area contributed by atoms with Crippen LogP contribution < -0.4 is 0 Å². The number of ether oxygens (including phenoxy) is 4. The second-order valence-corrected chi connectivity index (χ2v) is 1.31. The average molecular weight is 104 g/mol. The molecule has 0 N–H and O–H groups in total. The van der Waals surface area contributed by atoms with E-state index in [-0.39, 0.29) is 13.6 Å². The maximum absolute atomic E-state index is 4.69. The molecule has 2 saturated heterocycles. The van der Waals surface area contributed by atoms with E-state index < -0.39 is 6.16 Å². The second-order valence-electron chi connectivity index (χ2n) is 1.31. The maximum Gasteiger partial charge on any atom is 0.420 e. The van der Waals surface area contributed by atoms with Gasteiger partial charge < -0.3 is 0 Å². The molecular formula is C3H4O4. The topological polar surface area (TPSA) is 36.9 Å². The summed E-state index contributed by atoms with van der Waals surface area (Å²) in [6, 6.07) is 0. The van der Waals surface area contributed by atoms with Gasteiger partial charge in [-0.05, 0) is 0 Å². The molecule has 0 saturated carbocycles. The molecule has 0 amide bonds. The molecule has 2 aliphatic heterocycles. The van der Waals surface area contributed by atoms with Crippen molar-refractivity contribution in [1.29, 1.82) is 0 Å². The van der Waals surface area contributed by atoms with Crippen molar-refractivity contribution < 1.29 is 18.9 Å². The van der Waals surface area contributed by atoms with Crippen LogP contribution in [0.2, 0.25) is 0 Å². The molecule has 2 heterocycles. The van der Waals surface area contributed by atoms with Crippen molar-refractivity contribution in [2.75, 3.05) is 13.6 Å². The number of rotatable bonds is 0. The van der Waals surface area contributed by atoms with Crippen LogP contribution in [0.25, 0.3) is 0 Å². The molecule has 4 nitrogen and oxygen atoms in total. The van der Waals surface area contributed by atoms with Crippen LogP contribution >= 0.6 is 0 Å². The van der Waals surface area contributed by atoms with Gasteiger partial charge in [-0.25, -0.2) is 0 Å². The van der Waals surface area contributed by atoms with Crippen LogP contribution in [0.15, 0.2) is 0 Å². The second kappa shape index (κ2) is 0.976. The molecule has 2 rings (SSSR count). The summed E-state index contributed by atoms with van der Waals surface area (Å²) in [6.45, 7) is 0.556. The molecule has 4 heteroatoms. The van der Waals surface area contributed by atoms with Crippen LogP contribution in [0.4, 0.5) is 0 Å². The van der Waals surface area contributed by atoms with Gasteiger partial charge in [-0.2, -0.15) is 0 Å². The van der Waals surface area contributed by atoms with E-state index in [9.17, 15) is 0 Å². The third-order valence-electron chi connectivity index (χ3n) is 0.943. The van der Waals surface area contributed by atoms with Gasteiger partial charge in [-0.1, -0.05) is 0 Å². The van der Waals surface area contributed by atoms with Crippen LogP contribution in [-0.4, -0.2) is 19.7 Å². The summed E-state index contributed by atoms with van der Waals surface area (Å²) < 4.78 is 18.8. The highest BCUT2D eigenvalue weighted by atomic mass is 17.2. The first-order valence-electron chi connectivity index (χ1n) is 1.97. The highest BCUT2D eigenvalue weighted by molar-refractivity contribution is 4.50. The predicted molar refractivity (Wildman–Crippen MR) is 16.8 cm³/mol. The van der Waals surface area contributed by atoms with E-state index >= 15 is 0 Å². The summed E-state index contributed by atoms with van der Waals surface area (Å²) in [6.07, 6.45) is -1.06. The summed E-state index contributed by atoms with van der Waals surface area (Å²) in [5.74, 6) is 0. The molecule has 0 unspecified atom stereocenters. The van der Waals surface area contributed by atoms with Crippen LogP contribution in [0.1, 0.15) is 0 Å². The lowest BCUT2D eigenvalue weighted by Gasteiger charge is -2.44. The van der Waals surface area contributed by atoms with Crippen LogP contribution in [0.3, 0.4) is 0 Å². The molecular weight excluding hydrogens is 100 g/mol. The van der Waals surface area contributed by atoms with Crippen molar-refractivity contribution in [2.45, 2.75) is 6.16 Å². The Morgan fingerprint density at radius 2 is 1.29 bits per heavy atom. The molecule has 0 aromatic carbocycles. The minimum absolute atomic E-state index is 0.278. The largest absolute Gasteiger partial charge is 0.420 e. The van der Waals surface area contributed by atoms with Gasteiger partial charge in [0, 0.05) is 0 Å². The van der Waals surface area contributed by atoms with Gasteiger partial charge in [0.05, 0.1) is 0 Å². The van der Waals surface area contributed by atoms with E-state index in [0.717, 1.165) is 0 Å². The van der Waals surface area contributed by atoms with Crippen LogP contribution in [-0.2, 0) is 18.9 Å². The summed E-state index contributed by atoms with van der Waals surface area (Å²) in [5, 5.41) is 0. The Balaban J connectivity index is 2.00. The zero-order valence-electron chi connectivity index (χ0n) is 3.55. The third-order valence-corrected chi connectivity index (χ3v) is 0.943. The molecule has 0 atom stereocenters. The van der Waals surface area contributed by atoms with E-state index in [1.165, 1.54) is 0 Å². The van der Waals surface area contributed by atoms with Gasteiger partial charge >= 0.3 is 6.16 Å². The van der Waals surface area contributed by atoms with Crippen LogP contribution in [0.5, 0.6) is 0 Å². The smallest absolute Gasteiger partial charge is 0.276 e. The Hall–Kier alpha value is -0.160. The normalized spacial score (nSPS) is 34.3. The summed E-state index contributed by atoms with van der Waals surface area (Å²) in [4.78, 5) is 0. The Morgan fingerprint density at radius 3 is 1.29 bits per heavy atom. The van der Waals surface area contributed by atoms with Crippen LogP contribution in [0, 0.1) is 0 Å². The van der Waals surface area contributed by atoms with Gasteiger partial charge in [-0.3, -0.25) is 18.9 Å². The van der Waals surface area contributed by atoms with Crippen molar-refractivity contribution in [3.05, 3.63) is 0 Å². The third kappa shape index (κ3) is 0.343. The maximum atomic E-state index is 4.69. The Morgan fingerprint density at radius 1 is 0.857 bits per heavy atom. The molecule has 2 fully saturated rings. The van der Waals surface area contributed by atoms with Crippen molar-refractivity contribution in [3.63, 3.8) is 0 Å². The Kier molecular flexibility index (Phi) is 0.529. The van der Waals surface area contributed by atoms with E-state index in [1.807, 2.05) is 0 Å². The van der Waals surface area contributed by atoms with Gasteiger partial charge in [0.1, 0.15) is 0 Å². The molecule has 7 heavy (non-hydrogen) atoms. The minimum Gasteiger partial charge on any atom is -0.276 e. The fraction of sp³-hybridized carbons (Fsp3) is 1.00. The Labute approximate surface area is 39.9 Å². The van der Waals surface area contributed by atoms with E-state index in [1.54, 1.807) is 0 Å². The summed E-state index contributed by atoms with van der Waals surface area (Å²) in [5.41, 5.74) is 0. The van der Waals surface area contributed by atoms with Gasteiger partial charge in [0.2, 0.25) is 0 Å².